The van der Waals surface area contributed by atoms with Crippen molar-refractivity contribution < 1.29 is 0 Å². The van der Waals surface area contributed by atoms with Gasteiger partial charge in [0.2, 0.25) is 0 Å². The Hall–Kier alpha value is -2.95. The van der Waals surface area contributed by atoms with E-state index in [0.717, 1.165) is 17.5 Å². The quantitative estimate of drug-likeness (QED) is 0.802. The number of anilines is 3. The van der Waals surface area contributed by atoms with Crippen molar-refractivity contribution in [1.82, 2.24) is 15.0 Å². The van der Waals surface area contributed by atoms with Crippen LogP contribution < -0.4 is 10.2 Å². The van der Waals surface area contributed by atoms with Gasteiger partial charge in [-0.25, -0.2) is 15.0 Å². The topological polar surface area (TPSA) is 53.9 Å². The maximum absolute atomic E-state index is 4.24. The highest BCUT2D eigenvalue weighted by molar-refractivity contribution is 5.53. The van der Waals surface area contributed by atoms with Gasteiger partial charge in [0.15, 0.2) is 0 Å². The summed E-state index contributed by atoms with van der Waals surface area (Å²) < 4.78 is 0. The molecule has 0 radical (unpaired) electrons. The minimum atomic E-state index is 0.895. The van der Waals surface area contributed by atoms with Gasteiger partial charge in [-0.2, -0.15) is 0 Å². The third-order valence-corrected chi connectivity index (χ3v) is 2.91. The molecule has 0 saturated heterocycles. The van der Waals surface area contributed by atoms with Crippen LogP contribution in [0.1, 0.15) is 0 Å². The van der Waals surface area contributed by atoms with Crippen LogP contribution in [0.25, 0.3) is 0 Å². The monoisotopic (exact) mass is 293 g/mol. The predicted octanol–water partition coefficient (Wildman–Crippen LogP) is 3.37. The van der Waals surface area contributed by atoms with Gasteiger partial charge in [-0.05, 0) is 36.4 Å². The fraction of sp³-hybridized carbons (Fsp3) is 0.118. The second kappa shape index (κ2) is 8.36. The zero-order valence-electron chi connectivity index (χ0n) is 12.7. The van der Waals surface area contributed by atoms with Crippen molar-refractivity contribution >= 4 is 17.5 Å². The van der Waals surface area contributed by atoms with Crippen molar-refractivity contribution in [1.29, 1.82) is 0 Å². The Morgan fingerprint density at radius 2 is 1.23 bits per heavy atom. The molecule has 0 fully saturated rings. The van der Waals surface area contributed by atoms with Gasteiger partial charge in [-0.15, -0.1) is 0 Å². The maximum atomic E-state index is 4.24. The molecule has 0 aliphatic rings. The molecule has 1 N–H and O–H groups in total. The first-order chi connectivity index (χ1) is 10.8. The van der Waals surface area contributed by atoms with E-state index in [4.69, 9.17) is 0 Å². The molecule has 0 unspecified atom stereocenters. The highest BCUT2D eigenvalue weighted by atomic mass is 15.2. The smallest absolute Gasteiger partial charge is 0.133 e. The van der Waals surface area contributed by atoms with Crippen LogP contribution in [0.5, 0.6) is 0 Å². The fourth-order valence-electron chi connectivity index (χ4n) is 1.73. The van der Waals surface area contributed by atoms with E-state index in [1.165, 1.54) is 0 Å². The zero-order chi connectivity index (χ0) is 15.6. The van der Waals surface area contributed by atoms with E-state index < -0.39 is 0 Å². The molecular formula is C17H19N5. The van der Waals surface area contributed by atoms with Crippen LogP contribution in [-0.4, -0.2) is 29.0 Å². The van der Waals surface area contributed by atoms with Crippen LogP contribution >= 0.6 is 0 Å². The normalized spacial score (nSPS) is 9.36. The molecule has 5 nitrogen and oxygen atoms in total. The highest BCUT2D eigenvalue weighted by Gasteiger charge is 2.03. The molecule has 0 spiro atoms. The average molecular weight is 293 g/mol. The minimum Gasteiger partial charge on any atom is -0.373 e. The molecule has 112 valence electrons. The standard InChI is InChI=1S/C11H11N3.C6H8N2/c1-14(10-6-2-4-8-12-10)11-7-3-5-9-13-11;1-7-6-4-2-3-5-8-6/h2-9H,1H3;2-5H,1H3,(H,7,8). The molecule has 22 heavy (non-hydrogen) atoms. The van der Waals surface area contributed by atoms with Crippen LogP contribution in [0, 0.1) is 0 Å². The molecule has 0 aromatic carbocycles. The van der Waals surface area contributed by atoms with Gasteiger partial charge in [0, 0.05) is 32.7 Å². The number of rotatable bonds is 3. The molecule has 0 bridgehead atoms. The van der Waals surface area contributed by atoms with Crippen molar-refractivity contribution in [3.8, 4) is 0 Å². The highest BCUT2D eigenvalue weighted by Crippen LogP contribution is 2.17. The van der Waals surface area contributed by atoms with Crippen LogP contribution in [0.4, 0.5) is 17.5 Å². The zero-order valence-corrected chi connectivity index (χ0v) is 12.7. The second-order valence-electron chi connectivity index (χ2n) is 4.40. The number of aromatic nitrogens is 3. The summed E-state index contributed by atoms with van der Waals surface area (Å²) in [6.07, 6.45) is 5.30. The van der Waals surface area contributed by atoms with E-state index in [0.29, 0.717) is 0 Å². The van der Waals surface area contributed by atoms with E-state index in [1.807, 2.05) is 73.6 Å². The van der Waals surface area contributed by atoms with Gasteiger partial charge in [-0.1, -0.05) is 18.2 Å². The lowest BCUT2D eigenvalue weighted by molar-refractivity contribution is 1.08. The molecule has 0 atom stereocenters. The van der Waals surface area contributed by atoms with Crippen LogP contribution in [0.3, 0.4) is 0 Å². The molecule has 0 aliphatic heterocycles. The third kappa shape index (κ3) is 4.56. The van der Waals surface area contributed by atoms with E-state index >= 15 is 0 Å². The lowest BCUT2D eigenvalue weighted by Crippen LogP contribution is -2.11. The van der Waals surface area contributed by atoms with Gasteiger partial charge < -0.3 is 10.2 Å². The van der Waals surface area contributed by atoms with Crippen molar-refractivity contribution in [3.63, 3.8) is 0 Å². The number of hydrogen-bond donors (Lipinski definition) is 1. The first kappa shape index (κ1) is 15.4. The summed E-state index contributed by atoms with van der Waals surface area (Å²) in [6, 6.07) is 17.4. The van der Waals surface area contributed by atoms with E-state index in [-0.39, 0.29) is 0 Å². The maximum Gasteiger partial charge on any atom is 0.133 e. The molecule has 0 aliphatic carbocycles. The Bertz CT molecular complexity index is 604. The molecule has 3 aromatic heterocycles. The number of pyridine rings is 3. The number of hydrogen-bond acceptors (Lipinski definition) is 5. The van der Waals surface area contributed by atoms with Crippen molar-refractivity contribution in [3.05, 3.63) is 73.2 Å². The van der Waals surface area contributed by atoms with Crippen molar-refractivity contribution in [2.75, 3.05) is 24.3 Å². The first-order valence-electron chi connectivity index (χ1n) is 6.96. The molecule has 3 aromatic rings. The second-order valence-corrected chi connectivity index (χ2v) is 4.40. The Balaban J connectivity index is 0.000000188. The molecule has 0 saturated carbocycles. The lowest BCUT2D eigenvalue weighted by atomic mass is 10.4. The lowest BCUT2D eigenvalue weighted by Gasteiger charge is -2.16. The fourth-order valence-corrected chi connectivity index (χ4v) is 1.73. The molecule has 3 heterocycles. The molecule has 3 rings (SSSR count). The SMILES string of the molecule is CN(c1ccccn1)c1ccccn1.CNc1ccccn1. The Kier molecular flexibility index (Phi) is 5.87. The van der Waals surface area contributed by atoms with Gasteiger partial charge >= 0.3 is 0 Å². The number of nitrogens with zero attached hydrogens (tertiary/aromatic N) is 4. The van der Waals surface area contributed by atoms with Crippen LogP contribution in [-0.2, 0) is 0 Å². The summed E-state index contributed by atoms with van der Waals surface area (Å²) in [7, 11) is 3.80. The van der Waals surface area contributed by atoms with E-state index in [2.05, 4.69) is 20.3 Å². The van der Waals surface area contributed by atoms with Gasteiger partial charge in [0.05, 0.1) is 0 Å². The summed E-state index contributed by atoms with van der Waals surface area (Å²) in [5, 5.41) is 2.92. The van der Waals surface area contributed by atoms with Gasteiger partial charge in [-0.3, -0.25) is 0 Å². The molecule has 0 amide bonds. The Labute approximate surface area is 130 Å². The van der Waals surface area contributed by atoms with Gasteiger partial charge in [0.1, 0.15) is 17.5 Å². The predicted molar refractivity (Wildman–Crippen MR) is 90.3 cm³/mol. The summed E-state index contributed by atoms with van der Waals surface area (Å²) in [4.78, 5) is 14.4. The Morgan fingerprint density at radius 1 is 0.727 bits per heavy atom. The summed E-state index contributed by atoms with van der Waals surface area (Å²) in [6.45, 7) is 0. The molecule has 5 heteroatoms. The average Bonchev–Trinajstić information content (AvgIpc) is 2.64. The van der Waals surface area contributed by atoms with Crippen LogP contribution in [0.2, 0.25) is 0 Å². The minimum absolute atomic E-state index is 0.895. The van der Waals surface area contributed by atoms with Crippen molar-refractivity contribution in [2.24, 2.45) is 0 Å². The largest absolute Gasteiger partial charge is 0.373 e. The third-order valence-electron chi connectivity index (χ3n) is 2.91. The Morgan fingerprint density at radius 3 is 1.55 bits per heavy atom. The number of nitrogens with one attached hydrogen (secondary N) is 1. The summed E-state index contributed by atoms with van der Waals surface area (Å²) in [5.74, 6) is 2.70. The van der Waals surface area contributed by atoms with Crippen molar-refractivity contribution in [2.45, 2.75) is 0 Å². The van der Waals surface area contributed by atoms with E-state index in [9.17, 15) is 0 Å². The van der Waals surface area contributed by atoms with Crippen LogP contribution in [0.15, 0.2) is 73.2 Å². The first-order valence-corrected chi connectivity index (χ1v) is 6.96. The summed E-state index contributed by atoms with van der Waals surface area (Å²) >= 11 is 0. The van der Waals surface area contributed by atoms with Gasteiger partial charge in [0.25, 0.3) is 0 Å². The molecular weight excluding hydrogens is 274 g/mol. The van der Waals surface area contributed by atoms with E-state index in [1.54, 1.807) is 18.6 Å². The summed E-state index contributed by atoms with van der Waals surface area (Å²) in [5.41, 5.74) is 0.